The Morgan fingerprint density at radius 2 is 2.14 bits per heavy atom. The molecule has 0 saturated heterocycles. The van der Waals surface area contributed by atoms with E-state index >= 15 is 0 Å². The van der Waals surface area contributed by atoms with Gasteiger partial charge in [-0.1, -0.05) is 19.3 Å². The van der Waals surface area contributed by atoms with Crippen LogP contribution >= 0.6 is 0 Å². The Bertz CT molecular complexity index is 327. The van der Waals surface area contributed by atoms with Gasteiger partial charge in [0.05, 0.1) is 6.20 Å². The Morgan fingerprint density at radius 1 is 1.43 bits per heavy atom. The molecule has 76 valence electrons. The fourth-order valence-corrected chi connectivity index (χ4v) is 2.19. The molecule has 1 aliphatic rings. The van der Waals surface area contributed by atoms with Crippen molar-refractivity contribution in [1.29, 1.82) is 0 Å². The molecule has 4 nitrogen and oxygen atoms in total. The molecule has 0 spiro atoms. The molecule has 0 aliphatic heterocycles. The number of aromatic nitrogens is 2. The molecular weight excluding hydrogens is 180 g/mol. The summed E-state index contributed by atoms with van der Waals surface area (Å²) in [4.78, 5) is 10.9. The number of aromatic carboxylic acids is 1. The lowest BCUT2D eigenvalue weighted by molar-refractivity contribution is 0.0688. The van der Waals surface area contributed by atoms with Gasteiger partial charge >= 0.3 is 5.97 Å². The van der Waals surface area contributed by atoms with Crippen LogP contribution in [-0.2, 0) is 0 Å². The molecule has 1 fully saturated rings. The van der Waals surface area contributed by atoms with Crippen molar-refractivity contribution in [2.45, 2.75) is 38.0 Å². The van der Waals surface area contributed by atoms with Crippen molar-refractivity contribution >= 4 is 5.97 Å². The number of H-pyrrole nitrogens is 1. The molecule has 0 amide bonds. The van der Waals surface area contributed by atoms with Gasteiger partial charge in [-0.15, -0.1) is 0 Å². The van der Waals surface area contributed by atoms with Gasteiger partial charge in [0.1, 0.15) is 5.69 Å². The lowest BCUT2D eigenvalue weighted by atomic mass is 9.84. The number of carbonyl (C=O) groups is 1. The van der Waals surface area contributed by atoms with Gasteiger partial charge in [-0.25, -0.2) is 4.79 Å². The highest BCUT2D eigenvalue weighted by Gasteiger charge is 2.22. The summed E-state index contributed by atoms with van der Waals surface area (Å²) in [7, 11) is 0. The highest BCUT2D eigenvalue weighted by molar-refractivity contribution is 5.87. The molecule has 1 aromatic rings. The van der Waals surface area contributed by atoms with Crippen molar-refractivity contribution in [2.24, 2.45) is 0 Å². The largest absolute Gasteiger partial charge is 0.477 e. The van der Waals surface area contributed by atoms with E-state index in [-0.39, 0.29) is 5.69 Å². The molecule has 4 heteroatoms. The molecule has 14 heavy (non-hydrogen) atoms. The fraction of sp³-hybridized carbons (Fsp3) is 0.600. The van der Waals surface area contributed by atoms with Gasteiger partial charge in [0.2, 0.25) is 0 Å². The van der Waals surface area contributed by atoms with Gasteiger partial charge in [-0.05, 0) is 18.8 Å². The highest BCUT2D eigenvalue weighted by atomic mass is 16.4. The predicted octanol–water partition coefficient (Wildman–Crippen LogP) is 2.16. The molecule has 0 aromatic carbocycles. The molecule has 2 rings (SSSR count). The quantitative estimate of drug-likeness (QED) is 0.758. The summed E-state index contributed by atoms with van der Waals surface area (Å²) in [5, 5.41) is 15.3. The van der Waals surface area contributed by atoms with Crippen molar-refractivity contribution in [3.8, 4) is 0 Å². The van der Waals surface area contributed by atoms with E-state index in [1.807, 2.05) is 0 Å². The zero-order valence-corrected chi connectivity index (χ0v) is 7.99. The molecule has 2 N–H and O–H groups in total. The van der Waals surface area contributed by atoms with Crippen LogP contribution in [-0.4, -0.2) is 21.3 Å². The van der Waals surface area contributed by atoms with Gasteiger partial charge in [0.15, 0.2) is 0 Å². The third-order valence-electron chi connectivity index (χ3n) is 2.93. The van der Waals surface area contributed by atoms with Gasteiger partial charge in [0, 0.05) is 5.56 Å². The van der Waals surface area contributed by atoms with Gasteiger partial charge in [-0.3, -0.25) is 5.10 Å². The van der Waals surface area contributed by atoms with E-state index in [0.717, 1.165) is 18.4 Å². The predicted molar refractivity (Wildman–Crippen MR) is 51.4 cm³/mol. The Hall–Kier alpha value is -1.32. The Kier molecular flexibility index (Phi) is 2.52. The fourth-order valence-electron chi connectivity index (χ4n) is 2.19. The molecule has 0 bridgehead atoms. The monoisotopic (exact) mass is 194 g/mol. The highest BCUT2D eigenvalue weighted by Crippen LogP contribution is 2.33. The van der Waals surface area contributed by atoms with Crippen molar-refractivity contribution in [3.05, 3.63) is 17.5 Å². The van der Waals surface area contributed by atoms with Crippen LogP contribution in [0.4, 0.5) is 0 Å². The topological polar surface area (TPSA) is 66.0 Å². The van der Waals surface area contributed by atoms with E-state index in [0.29, 0.717) is 5.92 Å². The first-order chi connectivity index (χ1) is 6.79. The number of hydrogen-bond donors (Lipinski definition) is 2. The van der Waals surface area contributed by atoms with E-state index < -0.39 is 5.97 Å². The molecule has 1 aliphatic carbocycles. The van der Waals surface area contributed by atoms with Crippen LogP contribution in [0.15, 0.2) is 6.20 Å². The number of carboxylic acid groups (broad SMARTS) is 1. The summed E-state index contributed by atoms with van der Waals surface area (Å²) in [6.45, 7) is 0. The van der Waals surface area contributed by atoms with Crippen LogP contribution < -0.4 is 0 Å². The average Bonchev–Trinajstić information content (AvgIpc) is 2.67. The maximum atomic E-state index is 10.9. The van der Waals surface area contributed by atoms with E-state index in [1.165, 1.54) is 19.3 Å². The Balaban J connectivity index is 2.21. The molecule has 0 radical (unpaired) electrons. The lowest BCUT2D eigenvalue weighted by Gasteiger charge is -2.20. The summed E-state index contributed by atoms with van der Waals surface area (Å²) in [5.74, 6) is -0.503. The molecular formula is C10H14N2O2. The molecule has 0 atom stereocenters. The van der Waals surface area contributed by atoms with Crippen molar-refractivity contribution < 1.29 is 9.90 Å². The smallest absolute Gasteiger partial charge is 0.354 e. The first kappa shape index (κ1) is 9.24. The maximum absolute atomic E-state index is 10.9. The van der Waals surface area contributed by atoms with Gasteiger partial charge in [0.25, 0.3) is 0 Å². The number of nitrogens with zero attached hydrogens (tertiary/aromatic N) is 1. The molecule has 0 unspecified atom stereocenters. The Morgan fingerprint density at radius 3 is 2.79 bits per heavy atom. The summed E-state index contributed by atoms with van der Waals surface area (Å²) >= 11 is 0. The van der Waals surface area contributed by atoms with Crippen molar-refractivity contribution in [3.63, 3.8) is 0 Å². The third-order valence-corrected chi connectivity index (χ3v) is 2.93. The van der Waals surface area contributed by atoms with E-state index in [1.54, 1.807) is 6.20 Å². The standard InChI is InChI=1S/C10H14N2O2/c13-10(14)9-8(6-11-12-9)7-4-2-1-3-5-7/h6-7H,1-5H2,(H,11,12)(H,13,14). The minimum Gasteiger partial charge on any atom is -0.477 e. The zero-order chi connectivity index (χ0) is 9.97. The summed E-state index contributed by atoms with van der Waals surface area (Å²) < 4.78 is 0. The molecule has 1 heterocycles. The number of nitrogens with one attached hydrogen (secondary N) is 1. The number of aromatic amines is 1. The van der Waals surface area contributed by atoms with E-state index in [2.05, 4.69) is 10.2 Å². The third kappa shape index (κ3) is 1.64. The average molecular weight is 194 g/mol. The SMILES string of the molecule is O=C(O)c1[nH]ncc1C1CCCCC1. The second kappa shape index (κ2) is 3.82. The first-order valence-corrected chi connectivity index (χ1v) is 5.05. The molecule has 1 aromatic heterocycles. The Labute approximate surface area is 82.3 Å². The lowest BCUT2D eigenvalue weighted by Crippen LogP contribution is -2.09. The second-order valence-electron chi connectivity index (χ2n) is 3.84. The van der Waals surface area contributed by atoms with E-state index in [9.17, 15) is 4.79 Å². The number of rotatable bonds is 2. The van der Waals surface area contributed by atoms with Crippen LogP contribution in [0.5, 0.6) is 0 Å². The van der Waals surface area contributed by atoms with Crippen LogP contribution in [0, 0.1) is 0 Å². The molecule has 1 saturated carbocycles. The zero-order valence-electron chi connectivity index (χ0n) is 7.99. The normalized spacial score (nSPS) is 18.3. The minimum absolute atomic E-state index is 0.275. The number of hydrogen-bond acceptors (Lipinski definition) is 2. The van der Waals surface area contributed by atoms with Crippen LogP contribution in [0.1, 0.15) is 54.1 Å². The summed E-state index contributed by atoms with van der Waals surface area (Å²) in [6, 6.07) is 0. The van der Waals surface area contributed by atoms with Gasteiger partial charge < -0.3 is 5.11 Å². The van der Waals surface area contributed by atoms with Crippen molar-refractivity contribution in [1.82, 2.24) is 10.2 Å². The summed E-state index contributed by atoms with van der Waals surface area (Å²) in [6.07, 6.45) is 7.54. The van der Waals surface area contributed by atoms with Crippen molar-refractivity contribution in [2.75, 3.05) is 0 Å². The van der Waals surface area contributed by atoms with E-state index in [4.69, 9.17) is 5.11 Å². The maximum Gasteiger partial charge on any atom is 0.354 e. The van der Waals surface area contributed by atoms with Crippen LogP contribution in [0.2, 0.25) is 0 Å². The minimum atomic E-state index is -0.900. The van der Waals surface area contributed by atoms with Crippen LogP contribution in [0.3, 0.4) is 0 Å². The number of carboxylic acids is 1. The van der Waals surface area contributed by atoms with Gasteiger partial charge in [-0.2, -0.15) is 5.10 Å². The summed E-state index contributed by atoms with van der Waals surface area (Å²) in [5.41, 5.74) is 1.16. The van der Waals surface area contributed by atoms with Crippen LogP contribution in [0.25, 0.3) is 0 Å². The first-order valence-electron chi connectivity index (χ1n) is 5.05. The second-order valence-corrected chi connectivity index (χ2v) is 3.84.